The number of hydrogen-bond donors (Lipinski definition) is 2. The number of para-hydroxylation sites is 1. The molecule has 1 fully saturated rings. The molecule has 3 rings (SSSR count). The summed E-state index contributed by atoms with van der Waals surface area (Å²) in [6.07, 6.45) is 0.268. The number of nitrogens with zero attached hydrogens (tertiary/aromatic N) is 2. The van der Waals surface area contributed by atoms with E-state index < -0.39 is 0 Å². The Labute approximate surface area is 178 Å². The van der Waals surface area contributed by atoms with Crippen molar-refractivity contribution in [1.82, 2.24) is 15.1 Å². The highest BCUT2D eigenvalue weighted by atomic mass is 35.5. The molecule has 0 aliphatic carbocycles. The number of thiophene rings is 1. The molecule has 3 amide bonds. The summed E-state index contributed by atoms with van der Waals surface area (Å²) in [5.41, 5.74) is 0.595. The Morgan fingerprint density at radius 3 is 2.48 bits per heavy atom. The molecule has 154 valence electrons. The van der Waals surface area contributed by atoms with Gasteiger partial charge >= 0.3 is 0 Å². The van der Waals surface area contributed by atoms with Crippen LogP contribution in [0.4, 0.5) is 5.69 Å². The normalized spacial score (nSPS) is 14.4. The first-order chi connectivity index (χ1) is 14.0. The van der Waals surface area contributed by atoms with Crippen LogP contribution in [-0.2, 0) is 9.59 Å². The fourth-order valence-corrected chi connectivity index (χ4v) is 3.87. The van der Waals surface area contributed by atoms with Crippen LogP contribution < -0.4 is 10.6 Å². The molecule has 1 saturated heterocycles. The summed E-state index contributed by atoms with van der Waals surface area (Å²) in [6, 6.07) is 10.7. The second-order valence-corrected chi connectivity index (χ2v) is 8.02. The standard InChI is InChI=1S/C20H23ClN4O3S/c21-15-4-1-2-5-16(15)23-18(26)14-24-9-11-25(12-10-24)19(27)7-8-22-20(28)17-6-3-13-29-17/h1-6,13H,7-12,14H2,(H,22,28)(H,23,26). The third-order valence-corrected chi connectivity index (χ3v) is 5.81. The summed E-state index contributed by atoms with van der Waals surface area (Å²) in [5.74, 6) is -0.270. The molecule has 0 atom stereocenters. The van der Waals surface area contributed by atoms with Gasteiger partial charge in [0.2, 0.25) is 11.8 Å². The maximum Gasteiger partial charge on any atom is 0.261 e. The average Bonchev–Trinajstić information content (AvgIpc) is 3.25. The number of carbonyl (C=O) groups is 3. The van der Waals surface area contributed by atoms with Crippen molar-refractivity contribution >= 4 is 46.3 Å². The number of nitrogens with one attached hydrogen (secondary N) is 2. The number of anilines is 1. The molecular formula is C20H23ClN4O3S. The molecule has 1 aliphatic heterocycles. The van der Waals surface area contributed by atoms with Crippen molar-refractivity contribution in [2.45, 2.75) is 6.42 Å². The molecule has 0 bridgehead atoms. The zero-order chi connectivity index (χ0) is 20.6. The van der Waals surface area contributed by atoms with Crippen LogP contribution in [0.5, 0.6) is 0 Å². The van der Waals surface area contributed by atoms with Gasteiger partial charge in [0.1, 0.15) is 0 Å². The van der Waals surface area contributed by atoms with Gasteiger partial charge in [-0.25, -0.2) is 0 Å². The third kappa shape index (κ3) is 6.28. The molecule has 0 saturated carbocycles. The summed E-state index contributed by atoms with van der Waals surface area (Å²) in [7, 11) is 0. The topological polar surface area (TPSA) is 81.8 Å². The summed E-state index contributed by atoms with van der Waals surface area (Å²) in [6.45, 7) is 2.96. The molecule has 1 aromatic carbocycles. The maximum atomic E-state index is 12.3. The SMILES string of the molecule is O=C(CN1CCN(C(=O)CCNC(=O)c2cccs2)CC1)Nc1ccccc1Cl. The Balaban J connectivity index is 1.35. The molecule has 0 spiro atoms. The van der Waals surface area contributed by atoms with Crippen LogP contribution >= 0.6 is 22.9 Å². The van der Waals surface area contributed by atoms with Crippen molar-refractivity contribution < 1.29 is 14.4 Å². The lowest BCUT2D eigenvalue weighted by Gasteiger charge is -2.34. The largest absolute Gasteiger partial charge is 0.351 e. The lowest BCUT2D eigenvalue weighted by molar-refractivity contribution is -0.132. The number of piperazine rings is 1. The van der Waals surface area contributed by atoms with Crippen molar-refractivity contribution in [3.05, 3.63) is 51.7 Å². The summed E-state index contributed by atoms with van der Waals surface area (Å²) >= 11 is 7.43. The summed E-state index contributed by atoms with van der Waals surface area (Å²) in [5, 5.41) is 7.92. The highest BCUT2D eigenvalue weighted by Gasteiger charge is 2.22. The minimum absolute atomic E-state index is 0.0108. The molecular weight excluding hydrogens is 412 g/mol. The monoisotopic (exact) mass is 434 g/mol. The van der Waals surface area contributed by atoms with E-state index in [9.17, 15) is 14.4 Å². The minimum atomic E-state index is -0.151. The van der Waals surface area contributed by atoms with Crippen LogP contribution in [0.3, 0.4) is 0 Å². The predicted molar refractivity (Wildman–Crippen MR) is 114 cm³/mol. The highest BCUT2D eigenvalue weighted by molar-refractivity contribution is 7.12. The van der Waals surface area contributed by atoms with Crippen LogP contribution in [0.25, 0.3) is 0 Å². The highest BCUT2D eigenvalue weighted by Crippen LogP contribution is 2.20. The molecule has 0 radical (unpaired) electrons. The number of carbonyl (C=O) groups excluding carboxylic acids is 3. The maximum absolute atomic E-state index is 12.3. The Morgan fingerprint density at radius 2 is 1.79 bits per heavy atom. The lowest BCUT2D eigenvalue weighted by Crippen LogP contribution is -2.50. The van der Waals surface area contributed by atoms with Gasteiger partial charge in [0, 0.05) is 39.1 Å². The molecule has 9 heteroatoms. The minimum Gasteiger partial charge on any atom is -0.351 e. The lowest BCUT2D eigenvalue weighted by atomic mass is 10.2. The number of benzene rings is 1. The zero-order valence-corrected chi connectivity index (χ0v) is 17.5. The molecule has 7 nitrogen and oxygen atoms in total. The van der Waals surface area contributed by atoms with E-state index in [1.165, 1.54) is 11.3 Å². The van der Waals surface area contributed by atoms with Crippen LogP contribution in [0.2, 0.25) is 5.02 Å². The molecule has 1 aliphatic rings. The molecule has 1 aromatic heterocycles. The third-order valence-electron chi connectivity index (χ3n) is 4.61. The van der Waals surface area contributed by atoms with Gasteiger partial charge in [-0.05, 0) is 23.6 Å². The molecule has 29 heavy (non-hydrogen) atoms. The first-order valence-corrected chi connectivity index (χ1v) is 10.6. The second-order valence-electron chi connectivity index (χ2n) is 6.67. The van der Waals surface area contributed by atoms with Crippen molar-refractivity contribution in [3.63, 3.8) is 0 Å². The second kappa shape index (κ2) is 10.4. The van der Waals surface area contributed by atoms with E-state index in [0.717, 1.165) is 0 Å². The first kappa shape index (κ1) is 21.3. The van der Waals surface area contributed by atoms with E-state index in [1.54, 1.807) is 23.1 Å². The van der Waals surface area contributed by atoms with Crippen LogP contribution in [-0.4, -0.2) is 66.8 Å². The van der Waals surface area contributed by atoms with Gasteiger partial charge in [-0.3, -0.25) is 19.3 Å². The number of rotatable bonds is 7. The summed E-state index contributed by atoms with van der Waals surface area (Å²) < 4.78 is 0. The quantitative estimate of drug-likeness (QED) is 0.700. The van der Waals surface area contributed by atoms with Crippen molar-refractivity contribution in [3.8, 4) is 0 Å². The Morgan fingerprint density at radius 1 is 1.03 bits per heavy atom. The van der Waals surface area contributed by atoms with E-state index >= 15 is 0 Å². The molecule has 2 N–H and O–H groups in total. The van der Waals surface area contributed by atoms with Gasteiger partial charge in [-0.15, -0.1) is 11.3 Å². The van der Waals surface area contributed by atoms with Crippen LogP contribution in [0, 0.1) is 0 Å². The average molecular weight is 435 g/mol. The molecule has 2 heterocycles. The van der Waals surface area contributed by atoms with Gasteiger partial charge in [-0.1, -0.05) is 29.8 Å². The van der Waals surface area contributed by atoms with Gasteiger partial charge in [0.05, 0.1) is 22.1 Å². The first-order valence-electron chi connectivity index (χ1n) is 9.39. The van der Waals surface area contributed by atoms with Crippen molar-refractivity contribution in [2.75, 3.05) is 44.6 Å². The fraction of sp³-hybridized carbons (Fsp3) is 0.350. The van der Waals surface area contributed by atoms with Gasteiger partial charge in [-0.2, -0.15) is 0 Å². The zero-order valence-electron chi connectivity index (χ0n) is 15.9. The van der Waals surface area contributed by atoms with Crippen molar-refractivity contribution in [2.24, 2.45) is 0 Å². The summed E-state index contributed by atoms with van der Waals surface area (Å²) in [4.78, 5) is 40.9. The Bertz CT molecular complexity index is 851. The smallest absolute Gasteiger partial charge is 0.261 e. The van der Waals surface area contributed by atoms with Crippen LogP contribution in [0.1, 0.15) is 16.1 Å². The Hall–Kier alpha value is -2.42. The number of hydrogen-bond acceptors (Lipinski definition) is 5. The van der Waals surface area contributed by atoms with Gasteiger partial charge in [0.15, 0.2) is 0 Å². The van der Waals surface area contributed by atoms with E-state index in [1.807, 2.05) is 28.5 Å². The Kier molecular flexibility index (Phi) is 7.62. The number of halogens is 1. The molecule has 2 aromatic rings. The van der Waals surface area contributed by atoms with Gasteiger partial charge in [0.25, 0.3) is 5.91 Å². The van der Waals surface area contributed by atoms with E-state index in [4.69, 9.17) is 11.6 Å². The van der Waals surface area contributed by atoms with Crippen LogP contribution in [0.15, 0.2) is 41.8 Å². The van der Waals surface area contributed by atoms with E-state index in [-0.39, 0.29) is 30.7 Å². The number of amides is 3. The fourth-order valence-electron chi connectivity index (χ4n) is 3.05. The van der Waals surface area contributed by atoms with E-state index in [2.05, 4.69) is 10.6 Å². The predicted octanol–water partition coefficient (Wildman–Crippen LogP) is 2.30. The van der Waals surface area contributed by atoms with Gasteiger partial charge < -0.3 is 15.5 Å². The van der Waals surface area contributed by atoms with E-state index in [0.29, 0.717) is 48.3 Å². The molecule has 0 unspecified atom stereocenters. The van der Waals surface area contributed by atoms with Crippen molar-refractivity contribution in [1.29, 1.82) is 0 Å².